The summed E-state index contributed by atoms with van der Waals surface area (Å²) in [6.07, 6.45) is 0. The molecule has 12 heavy (non-hydrogen) atoms. The summed E-state index contributed by atoms with van der Waals surface area (Å²) in [5, 5.41) is 20.0. The van der Waals surface area contributed by atoms with Crippen molar-refractivity contribution in [2.24, 2.45) is 0 Å². The van der Waals surface area contributed by atoms with Crippen LogP contribution in [-0.2, 0) is 54.3 Å². The van der Waals surface area contributed by atoms with Crippen LogP contribution in [-0.4, -0.2) is 11.9 Å². The van der Waals surface area contributed by atoms with Crippen molar-refractivity contribution >= 4 is 11.9 Å². The number of carbonyl (C=O) groups excluding carboxylic acids is 2. The van der Waals surface area contributed by atoms with Crippen molar-refractivity contribution < 1.29 is 64.6 Å². The fraction of sp³-hybridized carbons (Fsp3) is 0.333. The van der Waals surface area contributed by atoms with Crippen molar-refractivity contribution in [3.8, 4) is 0 Å². The van der Waals surface area contributed by atoms with Crippen LogP contribution in [0.25, 0.3) is 0 Å². The van der Waals surface area contributed by atoms with Crippen LogP contribution >= 0.6 is 0 Å². The number of carboxylic acid groups (broad SMARTS) is 2. The fourth-order valence-electron chi connectivity index (χ4n) is 0.492. The molecule has 76 valence electrons. The molecule has 0 aromatic rings. The molecule has 0 amide bonds. The van der Waals surface area contributed by atoms with Gasteiger partial charge in [0.15, 0.2) is 0 Å². The number of hydrogen-bond donors (Lipinski definition) is 0. The van der Waals surface area contributed by atoms with Gasteiger partial charge in [-0.3, -0.25) is 0 Å². The summed E-state index contributed by atoms with van der Waals surface area (Å²) in [4.78, 5) is 20.0. The topological polar surface area (TPSA) is 80.3 Å². The molecule has 0 rings (SSSR count). The molecule has 0 saturated carbocycles. The fourth-order valence-corrected chi connectivity index (χ4v) is 0.492. The number of carbonyl (C=O) groups is 2. The zero-order valence-corrected chi connectivity index (χ0v) is 9.20. The van der Waals surface area contributed by atoms with Crippen LogP contribution in [0, 0.1) is 0 Å². The molecule has 0 saturated heterocycles. The molecule has 0 aromatic carbocycles. The Hall–Kier alpha value is 0.161. The number of rotatable bonds is 2. The standard InChI is InChI=1S/C6H8O4.2Ag/c1-3(2)4(5(7)8)6(9)10;;/h1-2H3,(H,7,8)(H,9,10);;/q;2*+1/p-2. The molecule has 4 nitrogen and oxygen atoms in total. The maximum atomic E-state index is 9.99. The normalized spacial score (nSPS) is 7.17. The molecule has 0 radical (unpaired) electrons. The maximum absolute atomic E-state index is 9.99. The first kappa shape index (κ1) is 18.1. The molecule has 6 heteroatoms. The Kier molecular flexibility index (Phi) is 11.7. The summed E-state index contributed by atoms with van der Waals surface area (Å²) in [6, 6.07) is 0. The Bertz CT molecular complexity index is 190. The van der Waals surface area contributed by atoms with Gasteiger partial charge in [-0.15, -0.1) is 0 Å². The van der Waals surface area contributed by atoms with Crippen LogP contribution in [0.3, 0.4) is 0 Å². The minimum absolute atomic E-state index is 0. The third-order valence-corrected chi connectivity index (χ3v) is 0.908. The van der Waals surface area contributed by atoms with Crippen molar-refractivity contribution in [1.82, 2.24) is 0 Å². The van der Waals surface area contributed by atoms with Crippen LogP contribution < -0.4 is 10.2 Å². The maximum Gasteiger partial charge on any atom is 1.00 e. The number of allylic oxidation sites excluding steroid dienone is 1. The van der Waals surface area contributed by atoms with Gasteiger partial charge in [0, 0.05) is 5.57 Å². The van der Waals surface area contributed by atoms with Crippen molar-refractivity contribution in [3.05, 3.63) is 11.1 Å². The van der Waals surface area contributed by atoms with Crippen molar-refractivity contribution in [2.45, 2.75) is 13.8 Å². The van der Waals surface area contributed by atoms with E-state index in [1.54, 1.807) is 0 Å². The Labute approximate surface area is 101 Å². The zero-order chi connectivity index (χ0) is 8.31. The van der Waals surface area contributed by atoms with Gasteiger partial charge in [-0.05, 0) is 13.8 Å². The summed E-state index contributed by atoms with van der Waals surface area (Å²) < 4.78 is 0. The van der Waals surface area contributed by atoms with Crippen LogP contribution in [0.15, 0.2) is 11.1 Å². The molecule has 0 N–H and O–H groups in total. The molecule has 0 aliphatic rings. The van der Waals surface area contributed by atoms with E-state index in [9.17, 15) is 19.8 Å². The first-order chi connectivity index (χ1) is 4.46. The second-order valence-electron chi connectivity index (χ2n) is 1.95. The molecule has 0 bridgehead atoms. The van der Waals surface area contributed by atoms with Gasteiger partial charge >= 0.3 is 44.8 Å². The van der Waals surface area contributed by atoms with E-state index in [1.807, 2.05) is 0 Å². The van der Waals surface area contributed by atoms with E-state index in [0.29, 0.717) is 0 Å². The largest absolute Gasteiger partial charge is 1.00 e. The van der Waals surface area contributed by atoms with E-state index < -0.39 is 17.5 Å². The van der Waals surface area contributed by atoms with Crippen LogP contribution in [0.2, 0.25) is 0 Å². The Balaban J connectivity index is -0.000000405. The van der Waals surface area contributed by atoms with Crippen LogP contribution in [0.4, 0.5) is 0 Å². The van der Waals surface area contributed by atoms with Gasteiger partial charge < -0.3 is 19.8 Å². The molecule has 0 fully saturated rings. The quantitative estimate of drug-likeness (QED) is 0.243. The molecular formula is C6H6Ag2O4. The summed E-state index contributed by atoms with van der Waals surface area (Å²) in [6.45, 7) is 2.72. The summed E-state index contributed by atoms with van der Waals surface area (Å²) >= 11 is 0. The van der Waals surface area contributed by atoms with E-state index in [0.717, 1.165) is 0 Å². The number of aliphatic carboxylic acids is 2. The predicted molar refractivity (Wildman–Crippen MR) is 28.4 cm³/mol. The third-order valence-electron chi connectivity index (χ3n) is 0.908. The summed E-state index contributed by atoms with van der Waals surface area (Å²) in [5.41, 5.74) is -0.611. The monoisotopic (exact) mass is 356 g/mol. The van der Waals surface area contributed by atoms with Gasteiger partial charge in [0.1, 0.15) is 0 Å². The summed E-state index contributed by atoms with van der Waals surface area (Å²) in [5.74, 6) is -3.42. The van der Waals surface area contributed by atoms with Gasteiger partial charge in [0.05, 0.1) is 11.9 Å². The number of hydrogen-bond acceptors (Lipinski definition) is 4. The minimum Gasteiger partial charge on any atom is -0.545 e. The van der Waals surface area contributed by atoms with Crippen molar-refractivity contribution in [3.63, 3.8) is 0 Å². The molecule has 0 unspecified atom stereocenters. The smallest absolute Gasteiger partial charge is 0.545 e. The van der Waals surface area contributed by atoms with E-state index in [4.69, 9.17) is 0 Å². The van der Waals surface area contributed by atoms with Gasteiger partial charge in [-0.2, -0.15) is 0 Å². The van der Waals surface area contributed by atoms with E-state index in [1.165, 1.54) is 13.8 Å². The van der Waals surface area contributed by atoms with E-state index in [2.05, 4.69) is 0 Å². The Morgan fingerprint density at radius 3 is 1.17 bits per heavy atom. The van der Waals surface area contributed by atoms with E-state index in [-0.39, 0.29) is 50.3 Å². The van der Waals surface area contributed by atoms with Crippen LogP contribution in [0.1, 0.15) is 13.8 Å². The molecular weight excluding hydrogens is 352 g/mol. The second kappa shape index (κ2) is 7.79. The Morgan fingerprint density at radius 1 is 0.917 bits per heavy atom. The summed E-state index contributed by atoms with van der Waals surface area (Å²) in [7, 11) is 0. The van der Waals surface area contributed by atoms with Crippen LogP contribution in [0.5, 0.6) is 0 Å². The zero-order valence-electron chi connectivity index (χ0n) is 6.24. The molecule has 0 spiro atoms. The third kappa shape index (κ3) is 5.77. The van der Waals surface area contributed by atoms with Crippen molar-refractivity contribution in [1.29, 1.82) is 0 Å². The van der Waals surface area contributed by atoms with Gasteiger partial charge in [-0.1, -0.05) is 5.57 Å². The first-order valence-corrected chi connectivity index (χ1v) is 2.57. The first-order valence-electron chi connectivity index (χ1n) is 2.57. The SMILES string of the molecule is CC(C)=C(C(=O)[O-])C(=O)[O-].[Ag+].[Ag+]. The second-order valence-corrected chi connectivity index (χ2v) is 1.95. The molecule has 0 atom stereocenters. The molecule has 0 aliphatic carbocycles. The predicted octanol–water partition coefficient (Wildman–Crippen LogP) is -2.18. The molecule has 0 aromatic heterocycles. The average molecular weight is 358 g/mol. The number of carboxylic acids is 2. The molecule has 0 heterocycles. The van der Waals surface area contributed by atoms with Crippen molar-refractivity contribution in [2.75, 3.05) is 0 Å². The average Bonchev–Trinajstić information content (AvgIpc) is 1.59. The minimum atomic E-state index is -1.71. The Morgan fingerprint density at radius 2 is 1.17 bits per heavy atom. The van der Waals surface area contributed by atoms with E-state index >= 15 is 0 Å². The van der Waals surface area contributed by atoms with Gasteiger partial charge in [0.2, 0.25) is 0 Å². The molecule has 0 aliphatic heterocycles. The van der Waals surface area contributed by atoms with Gasteiger partial charge in [0.25, 0.3) is 0 Å². The van der Waals surface area contributed by atoms with Gasteiger partial charge in [-0.25, -0.2) is 0 Å².